The first-order valence-electron chi connectivity index (χ1n) is 7.81. The Kier molecular flexibility index (Phi) is 4.85. The highest BCUT2D eigenvalue weighted by molar-refractivity contribution is 5.76. The van der Waals surface area contributed by atoms with Crippen LogP contribution in [-0.4, -0.2) is 50.3 Å². The Labute approximate surface area is 139 Å². The lowest BCUT2D eigenvalue weighted by Gasteiger charge is -2.08. The van der Waals surface area contributed by atoms with Crippen molar-refractivity contribution < 1.29 is 4.74 Å². The van der Waals surface area contributed by atoms with Gasteiger partial charge >= 0.3 is 6.01 Å². The van der Waals surface area contributed by atoms with Crippen LogP contribution in [0.3, 0.4) is 0 Å². The second-order valence-electron chi connectivity index (χ2n) is 5.82. The van der Waals surface area contributed by atoms with Crippen molar-refractivity contribution in [2.75, 3.05) is 20.6 Å². The molecule has 3 aromatic heterocycles. The molecule has 24 heavy (non-hydrogen) atoms. The first-order valence-corrected chi connectivity index (χ1v) is 7.81. The summed E-state index contributed by atoms with van der Waals surface area (Å²) in [4.78, 5) is 25.0. The van der Waals surface area contributed by atoms with Crippen molar-refractivity contribution in [2.24, 2.45) is 0 Å². The van der Waals surface area contributed by atoms with Gasteiger partial charge in [0.1, 0.15) is 0 Å². The van der Waals surface area contributed by atoms with Gasteiger partial charge in [0, 0.05) is 12.7 Å². The van der Waals surface area contributed by atoms with Crippen LogP contribution >= 0.6 is 0 Å². The minimum Gasteiger partial charge on any atom is -0.422 e. The van der Waals surface area contributed by atoms with E-state index in [4.69, 9.17) is 4.74 Å². The number of rotatable bonds is 7. The van der Waals surface area contributed by atoms with Gasteiger partial charge in [0.2, 0.25) is 0 Å². The van der Waals surface area contributed by atoms with E-state index in [1.165, 1.54) is 6.20 Å². The summed E-state index contributed by atoms with van der Waals surface area (Å²) >= 11 is 0. The summed E-state index contributed by atoms with van der Waals surface area (Å²) in [5.74, 6) is 0.536. The predicted octanol–water partition coefficient (Wildman–Crippen LogP) is 1.65. The maximum atomic E-state index is 12.0. The van der Waals surface area contributed by atoms with Crippen LogP contribution in [0, 0.1) is 0 Å². The van der Waals surface area contributed by atoms with Gasteiger partial charge in [-0.3, -0.25) is 19.4 Å². The van der Waals surface area contributed by atoms with Gasteiger partial charge in [0.15, 0.2) is 5.75 Å². The second kappa shape index (κ2) is 7.22. The summed E-state index contributed by atoms with van der Waals surface area (Å²) in [7, 11) is 4.12. The number of unbranched alkanes of at least 4 members (excludes halogenated alkanes) is 1. The molecule has 0 bridgehead atoms. The molecule has 1 N–H and O–H groups in total. The molecule has 0 atom stereocenters. The Morgan fingerprint density at radius 1 is 1.29 bits per heavy atom. The van der Waals surface area contributed by atoms with E-state index in [2.05, 4.69) is 39.0 Å². The third-order valence-electron chi connectivity index (χ3n) is 3.55. The molecular weight excluding hydrogens is 308 g/mol. The van der Waals surface area contributed by atoms with E-state index < -0.39 is 0 Å². The van der Waals surface area contributed by atoms with Gasteiger partial charge in [0.05, 0.1) is 29.5 Å². The first kappa shape index (κ1) is 16.1. The van der Waals surface area contributed by atoms with Gasteiger partial charge in [-0.2, -0.15) is 10.1 Å². The second-order valence-corrected chi connectivity index (χ2v) is 5.82. The summed E-state index contributed by atoms with van der Waals surface area (Å²) < 4.78 is 7.43. The van der Waals surface area contributed by atoms with Gasteiger partial charge in [-0.15, -0.1) is 0 Å². The predicted molar refractivity (Wildman–Crippen MR) is 90.2 cm³/mol. The topological polar surface area (TPSA) is 88.9 Å². The average Bonchev–Trinajstić information content (AvgIpc) is 2.99. The van der Waals surface area contributed by atoms with E-state index >= 15 is 0 Å². The van der Waals surface area contributed by atoms with E-state index in [1.54, 1.807) is 24.7 Å². The largest absolute Gasteiger partial charge is 0.422 e. The van der Waals surface area contributed by atoms with Crippen LogP contribution in [0.15, 0.2) is 35.6 Å². The van der Waals surface area contributed by atoms with Crippen molar-refractivity contribution in [1.82, 2.24) is 29.6 Å². The van der Waals surface area contributed by atoms with Gasteiger partial charge in [-0.05, 0) is 39.5 Å². The van der Waals surface area contributed by atoms with Crippen molar-refractivity contribution in [3.05, 3.63) is 41.2 Å². The number of hydrogen-bond acceptors (Lipinski definition) is 6. The zero-order chi connectivity index (χ0) is 16.9. The van der Waals surface area contributed by atoms with E-state index in [9.17, 15) is 4.79 Å². The normalized spacial score (nSPS) is 11.3. The molecule has 0 saturated carbocycles. The first-order chi connectivity index (χ1) is 11.6. The lowest BCUT2D eigenvalue weighted by atomic mass is 10.3. The van der Waals surface area contributed by atoms with Gasteiger partial charge in [-0.25, -0.2) is 0 Å². The molecule has 0 radical (unpaired) electrons. The number of fused-ring (bicyclic) bond motifs is 1. The van der Waals surface area contributed by atoms with Gasteiger partial charge in [0.25, 0.3) is 5.56 Å². The standard InChI is InChI=1S/C16H20N6O2/c1-21(2)7-3-4-8-22-11-12(9-18-22)24-16-19-14-10-17-6-5-13(14)15(23)20-16/h5-6,9-11H,3-4,7-8H2,1-2H3,(H,19,20,23). The number of aromatic nitrogens is 5. The number of hydrogen-bond donors (Lipinski definition) is 1. The van der Waals surface area contributed by atoms with E-state index in [0.717, 1.165) is 25.9 Å². The Hall–Kier alpha value is -2.74. The van der Waals surface area contributed by atoms with Crippen LogP contribution < -0.4 is 10.3 Å². The van der Waals surface area contributed by atoms with Crippen molar-refractivity contribution in [3.63, 3.8) is 0 Å². The molecule has 0 aliphatic heterocycles. The molecule has 0 amide bonds. The average molecular weight is 328 g/mol. The van der Waals surface area contributed by atoms with Crippen molar-refractivity contribution in [3.8, 4) is 11.8 Å². The molecule has 0 aliphatic carbocycles. The molecule has 0 aliphatic rings. The number of aromatic amines is 1. The fourth-order valence-electron chi connectivity index (χ4n) is 2.35. The van der Waals surface area contributed by atoms with Crippen LogP contribution in [0.2, 0.25) is 0 Å². The maximum absolute atomic E-state index is 12.0. The summed E-state index contributed by atoms with van der Waals surface area (Å²) in [5, 5.41) is 4.74. The number of nitrogens with one attached hydrogen (secondary N) is 1. The van der Waals surface area contributed by atoms with Crippen LogP contribution in [0.4, 0.5) is 0 Å². The quantitative estimate of drug-likeness (QED) is 0.663. The molecule has 8 heteroatoms. The molecule has 0 saturated heterocycles. The zero-order valence-corrected chi connectivity index (χ0v) is 13.8. The highest BCUT2D eigenvalue weighted by atomic mass is 16.5. The minimum atomic E-state index is -0.256. The molecule has 0 spiro atoms. The van der Waals surface area contributed by atoms with Crippen LogP contribution in [-0.2, 0) is 6.54 Å². The molecule has 3 rings (SSSR count). The van der Waals surface area contributed by atoms with Crippen LogP contribution in [0.5, 0.6) is 11.8 Å². The highest BCUT2D eigenvalue weighted by Crippen LogP contribution is 2.17. The summed E-state index contributed by atoms with van der Waals surface area (Å²) in [6.45, 7) is 1.88. The molecule has 0 aromatic carbocycles. The van der Waals surface area contributed by atoms with E-state index in [0.29, 0.717) is 16.7 Å². The van der Waals surface area contributed by atoms with E-state index in [-0.39, 0.29) is 11.6 Å². The number of pyridine rings is 1. The van der Waals surface area contributed by atoms with Crippen LogP contribution in [0.25, 0.3) is 10.9 Å². The number of nitrogens with zero attached hydrogens (tertiary/aromatic N) is 5. The Bertz CT molecular complexity index is 870. The van der Waals surface area contributed by atoms with Crippen molar-refractivity contribution in [2.45, 2.75) is 19.4 Å². The number of aryl methyl sites for hydroxylation is 1. The lowest BCUT2D eigenvalue weighted by molar-refractivity contribution is 0.384. The fraction of sp³-hybridized carbons (Fsp3) is 0.375. The summed E-state index contributed by atoms with van der Waals surface area (Å²) in [6, 6.07) is 1.75. The molecule has 3 aromatic rings. The SMILES string of the molecule is CN(C)CCCCn1cc(Oc2nc3cnccc3c(=O)[nH]2)cn1. The van der Waals surface area contributed by atoms with Crippen LogP contribution in [0.1, 0.15) is 12.8 Å². The smallest absolute Gasteiger partial charge is 0.302 e. The fourth-order valence-corrected chi connectivity index (χ4v) is 2.35. The maximum Gasteiger partial charge on any atom is 0.302 e. The Balaban J connectivity index is 1.65. The third-order valence-corrected chi connectivity index (χ3v) is 3.55. The molecule has 3 heterocycles. The van der Waals surface area contributed by atoms with Crippen molar-refractivity contribution >= 4 is 10.9 Å². The number of H-pyrrole nitrogens is 1. The number of ether oxygens (including phenoxy) is 1. The Morgan fingerprint density at radius 2 is 2.17 bits per heavy atom. The highest BCUT2D eigenvalue weighted by Gasteiger charge is 2.07. The summed E-state index contributed by atoms with van der Waals surface area (Å²) in [6.07, 6.45) is 8.64. The van der Waals surface area contributed by atoms with Gasteiger partial charge in [-0.1, -0.05) is 0 Å². The van der Waals surface area contributed by atoms with Crippen molar-refractivity contribution in [1.29, 1.82) is 0 Å². The van der Waals surface area contributed by atoms with E-state index in [1.807, 2.05) is 4.68 Å². The zero-order valence-electron chi connectivity index (χ0n) is 13.8. The molecule has 0 fully saturated rings. The molecule has 126 valence electrons. The molecule has 0 unspecified atom stereocenters. The third kappa shape index (κ3) is 3.96. The monoisotopic (exact) mass is 328 g/mol. The minimum absolute atomic E-state index is 0.132. The summed E-state index contributed by atoms with van der Waals surface area (Å²) in [5.41, 5.74) is 0.237. The molecular formula is C16H20N6O2. The van der Waals surface area contributed by atoms with Gasteiger partial charge < -0.3 is 9.64 Å². The Morgan fingerprint density at radius 3 is 3.00 bits per heavy atom. The molecule has 8 nitrogen and oxygen atoms in total. The lowest BCUT2D eigenvalue weighted by Crippen LogP contribution is -2.13.